The maximum absolute atomic E-state index is 14.7. The summed E-state index contributed by atoms with van der Waals surface area (Å²) in [6.07, 6.45) is 0.313. The monoisotopic (exact) mass is 363 g/mol. The molecule has 3 atom stereocenters. The van der Waals surface area contributed by atoms with Crippen molar-refractivity contribution in [3.8, 4) is 10.6 Å². The van der Waals surface area contributed by atoms with Crippen molar-refractivity contribution in [2.45, 2.75) is 32.2 Å². The van der Waals surface area contributed by atoms with Crippen LogP contribution in [0.25, 0.3) is 16.1 Å². The molecule has 0 unspecified atom stereocenters. The van der Waals surface area contributed by atoms with Gasteiger partial charge in [0.05, 0.1) is 12.3 Å². The van der Waals surface area contributed by atoms with E-state index in [0.717, 1.165) is 10.6 Å². The molecular weight excluding hydrogens is 345 g/mol. The second kappa shape index (κ2) is 5.72. The highest BCUT2D eigenvalue weighted by Crippen LogP contribution is 2.50. The number of aromatic nitrogens is 4. The van der Waals surface area contributed by atoms with Gasteiger partial charge >= 0.3 is 0 Å². The average molecular weight is 363 g/mol. The highest BCUT2D eigenvalue weighted by Gasteiger charge is 2.52. The van der Waals surface area contributed by atoms with Gasteiger partial charge in [-0.1, -0.05) is 13.8 Å². The number of alkyl halides is 1. The van der Waals surface area contributed by atoms with Crippen LogP contribution in [0.3, 0.4) is 0 Å². The third kappa shape index (κ3) is 2.34. The number of aliphatic hydroxyl groups excluding tert-OH is 1. The topological polar surface area (TPSA) is 98.6 Å². The molecule has 3 aromatic heterocycles. The third-order valence-electron chi connectivity index (χ3n) is 4.75. The first kappa shape index (κ1) is 16.4. The molecule has 1 saturated heterocycles. The lowest BCUT2D eigenvalue weighted by Crippen LogP contribution is -2.31. The van der Waals surface area contributed by atoms with Gasteiger partial charge in [0.1, 0.15) is 35.2 Å². The van der Waals surface area contributed by atoms with E-state index in [1.165, 1.54) is 17.7 Å². The standard InChI is InChI=1S/C16H18FN5O2S/c1-16(2)12(17)10(6-23)24-13(16)9-5-8(15-19-3-4-25-15)11-14(18)20-7-21-22(9)11/h3-5,7,10,12-13,23H,6H2,1-2H3,(H2,18,20,21)/t10-,12-,13+/m1/s1. The van der Waals surface area contributed by atoms with E-state index in [-0.39, 0.29) is 6.61 Å². The Morgan fingerprint density at radius 3 is 2.88 bits per heavy atom. The molecule has 0 saturated carbocycles. The van der Waals surface area contributed by atoms with E-state index in [2.05, 4.69) is 15.1 Å². The second-order valence-electron chi connectivity index (χ2n) is 6.69. The highest BCUT2D eigenvalue weighted by atomic mass is 32.1. The quantitative estimate of drug-likeness (QED) is 0.740. The van der Waals surface area contributed by atoms with E-state index in [4.69, 9.17) is 10.5 Å². The number of halogens is 1. The van der Waals surface area contributed by atoms with Crippen LogP contribution in [0.1, 0.15) is 25.6 Å². The number of rotatable bonds is 3. The van der Waals surface area contributed by atoms with Crippen molar-refractivity contribution in [1.29, 1.82) is 0 Å². The summed E-state index contributed by atoms with van der Waals surface area (Å²) in [6.45, 7) is 3.19. The summed E-state index contributed by atoms with van der Waals surface area (Å²) in [5, 5.41) is 16.4. The first-order valence-corrected chi connectivity index (χ1v) is 8.75. The fraction of sp³-hybridized carbons (Fsp3) is 0.438. The summed E-state index contributed by atoms with van der Waals surface area (Å²) in [5.74, 6) is 0.317. The normalized spacial score (nSPS) is 25.7. The van der Waals surface area contributed by atoms with Crippen molar-refractivity contribution in [3.63, 3.8) is 0 Å². The predicted octanol–water partition coefficient (Wildman–Crippen LogP) is 2.23. The van der Waals surface area contributed by atoms with Crippen LogP contribution in [0.15, 0.2) is 24.0 Å². The lowest BCUT2D eigenvalue weighted by molar-refractivity contribution is -0.0142. The Morgan fingerprint density at radius 2 is 2.24 bits per heavy atom. The lowest BCUT2D eigenvalue weighted by Gasteiger charge is -2.26. The van der Waals surface area contributed by atoms with Gasteiger partial charge in [0.25, 0.3) is 0 Å². The Labute approximate surface area is 147 Å². The molecule has 0 spiro atoms. The number of ether oxygens (including phenoxy) is 1. The summed E-state index contributed by atoms with van der Waals surface area (Å²) in [5.41, 5.74) is 7.31. The van der Waals surface area contributed by atoms with Crippen LogP contribution < -0.4 is 5.73 Å². The zero-order valence-corrected chi connectivity index (χ0v) is 14.6. The van der Waals surface area contributed by atoms with Gasteiger partial charge in [-0.05, 0) is 6.07 Å². The van der Waals surface area contributed by atoms with Gasteiger partial charge < -0.3 is 15.6 Å². The predicted molar refractivity (Wildman–Crippen MR) is 91.9 cm³/mol. The minimum absolute atomic E-state index is 0.317. The van der Waals surface area contributed by atoms with Crippen molar-refractivity contribution >= 4 is 22.7 Å². The van der Waals surface area contributed by atoms with E-state index in [1.54, 1.807) is 24.6 Å². The van der Waals surface area contributed by atoms with Gasteiger partial charge in [-0.25, -0.2) is 18.9 Å². The number of anilines is 1. The summed E-state index contributed by atoms with van der Waals surface area (Å²) in [4.78, 5) is 8.41. The molecule has 0 aromatic carbocycles. The van der Waals surface area contributed by atoms with E-state index >= 15 is 0 Å². The molecule has 7 nitrogen and oxygen atoms in total. The maximum atomic E-state index is 14.7. The Bertz CT molecular complexity index is 911. The number of aliphatic hydroxyl groups is 1. The summed E-state index contributed by atoms with van der Waals surface area (Å²) in [7, 11) is 0. The van der Waals surface area contributed by atoms with E-state index in [1.807, 2.05) is 11.4 Å². The second-order valence-corrected chi connectivity index (χ2v) is 7.58. The number of thiazole rings is 1. The molecule has 25 heavy (non-hydrogen) atoms. The molecule has 0 bridgehead atoms. The van der Waals surface area contributed by atoms with Crippen LogP contribution in [0.4, 0.5) is 10.2 Å². The van der Waals surface area contributed by atoms with Gasteiger partial charge in [-0.3, -0.25) is 0 Å². The van der Waals surface area contributed by atoms with Crippen LogP contribution in [0, 0.1) is 5.41 Å². The number of nitrogens with two attached hydrogens (primary N) is 1. The summed E-state index contributed by atoms with van der Waals surface area (Å²) in [6, 6.07) is 1.87. The maximum Gasteiger partial charge on any atom is 0.152 e. The van der Waals surface area contributed by atoms with E-state index in [9.17, 15) is 9.50 Å². The largest absolute Gasteiger partial charge is 0.394 e. The lowest BCUT2D eigenvalue weighted by atomic mass is 9.81. The molecular formula is C16H18FN5O2S. The summed E-state index contributed by atoms with van der Waals surface area (Å²) < 4.78 is 22.2. The van der Waals surface area contributed by atoms with Gasteiger partial charge in [0, 0.05) is 22.6 Å². The van der Waals surface area contributed by atoms with Crippen molar-refractivity contribution in [1.82, 2.24) is 19.6 Å². The van der Waals surface area contributed by atoms with E-state index < -0.39 is 23.8 Å². The number of nitrogen functional groups attached to an aromatic ring is 1. The fourth-order valence-electron chi connectivity index (χ4n) is 3.43. The zero-order valence-electron chi connectivity index (χ0n) is 13.8. The van der Waals surface area contributed by atoms with E-state index in [0.29, 0.717) is 17.0 Å². The minimum atomic E-state index is -1.30. The Morgan fingerprint density at radius 1 is 1.44 bits per heavy atom. The van der Waals surface area contributed by atoms with Crippen molar-refractivity contribution in [3.05, 3.63) is 29.7 Å². The van der Waals surface area contributed by atoms with Crippen LogP contribution in [-0.2, 0) is 4.74 Å². The molecule has 1 fully saturated rings. The number of fused-ring (bicyclic) bond motifs is 1. The molecule has 1 aliphatic rings. The van der Waals surface area contributed by atoms with Gasteiger partial charge in [-0.2, -0.15) is 5.10 Å². The SMILES string of the molecule is CC1(C)[C@H](F)[C@@H](CO)O[C@H]1c1cc(-c2nccs2)c2c(N)ncnn12. The molecule has 132 valence electrons. The molecule has 0 amide bonds. The van der Waals surface area contributed by atoms with Gasteiger partial charge in [0.15, 0.2) is 5.82 Å². The van der Waals surface area contributed by atoms with Crippen molar-refractivity contribution in [2.24, 2.45) is 5.41 Å². The molecule has 3 aromatic rings. The number of hydrogen-bond donors (Lipinski definition) is 2. The van der Waals surface area contributed by atoms with Gasteiger partial charge in [0.2, 0.25) is 0 Å². The Hall–Kier alpha value is -2.10. The molecule has 1 aliphatic heterocycles. The number of nitrogens with zero attached hydrogens (tertiary/aromatic N) is 4. The van der Waals surface area contributed by atoms with Crippen LogP contribution in [-0.4, -0.2) is 43.6 Å². The first-order chi connectivity index (χ1) is 11.9. The van der Waals surface area contributed by atoms with Crippen LogP contribution >= 0.6 is 11.3 Å². The average Bonchev–Trinajstić information content (AvgIpc) is 3.27. The highest BCUT2D eigenvalue weighted by molar-refractivity contribution is 7.13. The number of hydrogen-bond acceptors (Lipinski definition) is 7. The van der Waals surface area contributed by atoms with Gasteiger partial charge in [-0.15, -0.1) is 11.3 Å². The van der Waals surface area contributed by atoms with Crippen molar-refractivity contribution < 1.29 is 14.2 Å². The van der Waals surface area contributed by atoms with Crippen LogP contribution in [0.2, 0.25) is 0 Å². The molecule has 4 heterocycles. The zero-order chi connectivity index (χ0) is 17.8. The smallest absolute Gasteiger partial charge is 0.152 e. The molecule has 4 rings (SSSR count). The van der Waals surface area contributed by atoms with Crippen LogP contribution in [0.5, 0.6) is 0 Å². The Balaban J connectivity index is 1.93. The third-order valence-corrected chi connectivity index (χ3v) is 5.55. The Kier molecular flexibility index (Phi) is 3.75. The molecule has 3 N–H and O–H groups in total. The summed E-state index contributed by atoms with van der Waals surface area (Å²) >= 11 is 1.47. The van der Waals surface area contributed by atoms with Crippen molar-refractivity contribution in [2.75, 3.05) is 12.3 Å². The minimum Gasteiger partial charge on any atom is -0.394 e. The first-order valence-electron chi connectivity index (χ1n) is 7.87. The fourth-order valence-corrected chi connectivity index (χ4v) is 4.08. The molecule has 9 heteroatoms. The molecule has 0 radical (unpaired) electrons. The molecule has 0 aliphatic carbocycles.